The van der Waals surface area contributed by atoms with Gasteiger partial charge in [0.1, 0.15) is 18.4 Å². The van der Waals surface area contributed by atoms with Crippen molar-refractivity contribution < 1.29 is 9.53 Å². The number of benzene rings is 3. The van der Waals surface area contributed by atoms with Crippen LogP contribution in [0.5, 0.6) is 5.75 Å². The van der Waals surface area contributed by atoms with Crippen LogP contribution in [0.4, 0.5) is 11.6 Å². The van der Waals surface area contributed by atoms with Gasteiger partial charge in [-0.05, 0) is 74.6 Å². The van der Waals surface area contributed by atoms with Crippen molar-refractivity contribution in [1.29, 1.82) is 0 Å². The Morgan fingerprint density at radius 1 is 1.02 bits per heavy atom. The van der Waals surface area contributed by atoms with E-state index < -0.39 is 6.04 Å². The second-order valence-corrected chi connectivity index (χ2v) is 11.5. The maximum atomic E-state index is 13.9. The molecule has 0 bridgehead atoms. The molecule has 0 saturated carbocycles. The first kappa shape index (κ1) is 28.5. The summed E-state index contributed by atoms with van der Waals surface area (Å²) in [4.78, 5) is 18.7. The van der Waals surface area contributed by atoms with E-state index in [4.69, 9.17) is 14.8 Å². The van der Waals surface area contributed by atoms with Crippen molar-refractivity contribution in [3.8, 4) is 5.75 Å². The van der Waals surface area contributed by atoms with Crippen molar-refractivity contribution in [2.45, 2.75) is 65.3 Å². The highest BCUT2D eigenvalue weighted by molar-refractivity contribution is 7.99. The van der Waals surface area contributed by atoms with Gasteiger partial charge in [-0.15, -0.1) is 5.10 Å². The molecule has 0 radical (unpaired) electrons. The monoisotopic (exact) mass is 567 g/mol. The molecule has 8 heteroatoms. The summed E-state index contributed by atoms with van der Waals surface area (Å²) in [6.45, 7) is 10.7. The van der Waals surface area contributed by atoms with Crippen molar-refractivity contribution in [2.24, 2.45) is 0 Å². The number of hydrogen-bond acceptors (Lipinski definition) is 6. The SMILES string of the molecule is CCCCSc1nc2n(n1)C(c1ccc(OCc3ccc(C)cc3)cc1)C(C(=O)Nc1cccc(C)c1C)=C(C)N2. The van der Waals surface area contributed by atoms with E-state index in [2.05, 4.69) is 48.7 Å². The number of ether oxygens (including phenoxy) is 1. The molecular formula is C33H37N5O2S. The summed E-state index contributed by atoms with van der Waals surface area (Å²) in [6.07, 6.45) is 2.21. The molecule has 4 aromatic rings. The summed E-state index contributed by atoms with van der Waals surface area (Å²) < 4.78 is 7.89. The average Bonchev–Trinajstić information content (AvgIpc) is 3.37. The number of anilines is 2. The molecule has 5 rings (SSSR count). The van der Waals surface area contributed by atoms with Crippen molar-refractivity contribution in [1.82, 2.24) is 14.8 Å². The van der Waals surface area contributed by atoms with Crippen LogP contribution in [0.1, 0.15) is 60.5 Å². The molecule has 0 aliphatic carbocycles. The molecule has 2 heterocycles. The van der Waals surface area contributed by atoms with Gasteiger partial charge in [-0.1, -0.05) is 79.2 Å². The molecule has 3 aromatic carbocycles. The lowest BCUT2D eigenvalue weighted by atomic mass is 9.94. The molecule has 0 spiro atoms. The third-order valence-corrected chi connectivity index (χ3v) is 8.31. The molecule has 212 valence electrons. The summed E-state index contributed by atoms with van der Waals surface area (Å²) in [6, 6.07) is 21.7. The number of carbonyl (C=O) groups excluding carboxylic acids is 1. The number of unbranched alkanes of at least 4 members (excludes halogenated alkanes) is 1. The van der Waals surface area contributed by atoms with Gasteiger partial charge in [-0.3, -0.25) is 4.79 Å². The predicted molar refractivity (Wildman–Crippen MR) is 167 cm³/mol. The molecular weight excluding hydrogens is 530 g/mol. The maximum Gasteiger partial charge on any atom is 0.255 e. The Hall–Kier alpha value is -4.04. The van der Waals surface area contributed by atoms with Crippen LogP contribution in [-0.4, -0.2) is 26.4 Å². The molecule has 41 heavy (non-hydrogen) atoms. The average molecular weight is 568 g/mol. The first-order valence-corrected chi connectivity index (χ1v) is 15.1. The van der Waals surface area contributed by atoms with Gasteiger partial charge in [0, 0.05) is 17.1 Å². The largest absolute Gasteiger partial charge is 0.489 e. The third kappa shape index (κ3) is 6.49. The van der Waals surface area contributed by atoms with E-state index in [1.54, 1.807) is 11.8 Å². The highest BCUT2D eigenvalue weighted by Gasteiger charge is 2.34. The summed E-state index contributed by atoms with van der Waals surface area (Å²) in [5.41, 5.74) is 7.59. The summed E-state index contributed by atoms with van der Waals surface area (Å²) >= 11 is 1.64. The molecule has 0 fully saturated rings. The fraction of sp³-hybridized carbons (Fsp3) is 0.303. The van der Waals surface area contributed by atoms with Gasteiger partial charge in [0.05, 0.1) is 5.57 Å². The second kappa shape index (κ2) is 12.6. The van der Waals surface area contributed by atoms with Crippen LogP contribution < -0.4 is 15.4 Å². The molecule has 1 unspecified atom stereocenters. The van der Waals surface area contributed by atoms with Crippen LogP contribution in [0.15, 0.2) is 83.2 Å². The Morgan fingerprint density at radius 2 is 1.78 bits per heavy atom. The number of allylic oxidation sites excluding steroid dienone is 1. The lowest BCUT2D eigenvalue weighted by Gasteiger charge is -2.29. The zero-order valence-corrected chi connectivity index (χ0v) is 25.1. The lowest BCUT2D eigenvalue weighted by molar-refractivity contribution is -0.113. The number of rotatable bonds is 10. The zero-order valence-electron chi connectivity index (χ0n) is 24.3. The predicted octanol–water partition coefficient (Wildman–Crippen LogP) is 7.60. The van der Waals surface area contributed by atoms with Crippen LogP contribution in [0.2, 0.25) is 0 Å². The number of carbonyl (C=O) groups is 1. The summed E-state index contributed by atoms with van der Waals surface area (Å²) in [5, 5.41) is 12.0. The number of aryl methyl sites for hydroxylation is 2. The number of thioether (sulfide) groups is 1. The van der Waals surface area contributed by atoms with Crippen molar-refractivity contribution >= 4 is 29.3 Å². The normalized spacial score (nSPS) is 14.4. The van der Waals surface area contributed by atoms with Crippen LogP contribution in [0.25, 0.3) is 0 Å². The molecule has 1 atom stereocenters. The number of nitrogens with one attached hydrogen (secondary N) is 2. The Balaban J connectivity index is 1.45. The quantitative estimate of drug-likeness (QED) is 0.152. The van der Waals surface area contributed by atoms with E-state index in [0.717, 1.165) is 58.0 Å². The van der Waals surface area contributed by atoms with Crippen LogP contribution in [0.3, 0.4) is 0 Å². The van der Waals surface area contributed by atoms with Gasteiger partial charge in [-0.25, -0.2) is 4.68 Å². The van der Waals surface area contributed by atoms with Crippen LogP contribution >= 0.6 is 11.8 Å². The summed E-state index contributed by atoms with van der Waals surface area (Å²) in [7, 11) is 0. The van der Waals surface area contributed by atoms with E-state index in [0.29, 0.717) is 23.3 Å². The minimum atomic E-state index is -0.449. The topological polar surface area (TPSA) is 81.1 Å². The zero-order chi connectivity index (χ0) is 28.9. The van der Waals surface area contributed by atoms with Gasteiger partial charge < -0.3 is 15.4 Å². The summed E-state index contributed by atoms with van der Waals surface area (Å²) in [5.74, 6) is 2.17. The van der Waals surface area contributed by atoms with Gasteiger partial charge in [0.15, 0.2) is 0 Å². The highest BCUT2D eigenvalue weighted by Crippen LogP contribution is 2.37. The number of hydrogen-bond donors (Lipinski definition) is 2. The van der Waals surface area contributed by atoms with Gasteiger partial charge in [0.2, 0.25) is 11.1 Å². The molecule has 0 saturated heterocycles. The van der Waals surface area contributed by atoms with E-state index in [1.807, 2.05) is 67.9 Å². The Bertz CT molecular complexity index is 1560. The number of amides is 1. The van der Waals surface area contributed by atoms with E-state index in [-0.39, 0.29) is 5.91 Å². The van der Waals surface area contributed by atoms with Gasteiger partial charge in [-0.2, -0.15) is 4.98 Å². The molecule has 7 nitrogen and oxygen atoms in total. The van der Waals surface area contributed by atoms with Crippen molar-refractivity contribution in [2.75, 3.05) is 16.4 Å². The third-order valence-electron chi connectivity index (χ3n) is 7.38. The first-order chi connectivity index (χ1) is 19.8. The van der Waals surface area contributed by atoms with E-state index in [9.17, 15) is 4.79 Å². The number of nitrogens with zero attached hydrogens (tertiary/aromatic N) is 3. The Morgan fingerprint density at radius 3 is 2.51 bits per heavy atom. The Labute approximate surface area is 246 Å². The highest BCUT2D eigenvalue weighted by atomic mass is 32.2. The van der Waals surface area contributed by atoms with Crippen molar-refractivity contribution in [3.63, 3.8) is 0 Å². The lowest BCUT2D eigenvalue weighted by Crippen LogP contribution is -2.31. The molecule has 2 N–H and O–H groups in total. The van der Waals surface area contributed by atoms with Crippen LogP contribution in [-0.2, 0) is 11.4 Å². The Kier molecular flexibility index (Phi) is 8.78. The molecule has 1 aliphatic heterocycles. The fourth-order valence-electron chi connectivity index (χ4n) is 4.78. The minimum absolute atomic E-state index is 0.172. The second-order valence-electron chi connectivity index (χ2n) is 10.5. The van der Waals surface area contributed by atoms with Crippen molar-refractivity contribution in [3.05, 3.63) is 106 Å². The molecule has 1 aliphatic rings. The van der Waals surface area contributed by atoms with Gasteiger partial charge in [0.25, 0.3) is 5.91 Å². The first-order valence-electron chi connectivity index (χ1n) is 14.1. The molecule has 1 amide bonds. The van der Waals surface area contributed by atoms with E-state index >= 15 is 0 Å². The minimum Gasteiger partial charge on any atom is -0.489 e. The number of aromatic nitrogens is 3. The van der Waals surface area contributed by atoms with E-state index in [1.165, 1.54) is 5.56 Å². The standard InChI is InChI=1S/C33H37N5O2S/c1-6-7-19-41-33-36-32-34-24(5)29(31(39)35-28-10-8-9-22(3)23(28)4)30(38(32)37-33)26-15-17-27(18-16-26)40-20-25-13-11-21(2)12-14-25/h8-18,30H,6-7,19-20H2,1-5H3,(H,35,39)(H,34,36,37). The smallest absolute Gasteiger partial charge is 0.255 e. The van der Waals surface area contributed by atoms with Gasteiger partial charge >= 0.3 is 0 Å². The van der Waals surface area contributed by atoms with Crippen LogP contribution in [0, 0.1) is 20.8 Å². The molecule has 1 aromatic heterocycles. The maximum absolute atomic E-state index is 13.9. The fourth-order valence-corrected chi connectivity index (χ4v) is 5.69. The number of fused-ring (bicyclic) bond motifs is 1.